The van der Waals surface area contributed by atoms with Gasteiger partial charge in [-0.25, -0.2) is 4.98 Å². The molecule has 3 heterocycles. The van der Waals surface area contributed by atoms with Crippen molar-refractivity contribution in [3.63, 3.8) is 0 Å². The average Bonchev–Trinajstić information content (AvgIpc) is 3.12. The van der Waals surface area contributed by atoms with Gasteiger partial charge in [0.1, 0.15) is 11.6 Å². The summed E-state index contributed by atoms with van der Waals surface area (Å²) in [5.74, 6) is 2.56. The van der Waals surface area contributed by atoms with Crippen LogP contribution in [0.5, 0.6) is 0 Å². The minimum absolute atomic E-state index is 0.132. The van der Waals surface area contributed by atoms with Gasteiger partial charge in [-0.15, -0.1) is 0 Å². The van der Waals surface area contributed by atoms with Crippen molar-refractivity contribution in [3.05, 3.63) is 56.7 Å². The third kappa shape index (κ3) is 4.53. The van der Waals surface area contributed by atoms with E-state index in [1.54, 1.807) is 6.21 Å². The van der Waals surface area contributed by atoms with Crippen LogP contribution in [0.25, 0.3) is 10.9 Å². The van der Waals surface area contributed by atoms with Crippen LogP contribution in [0.1, 0.15) is 75.3 Å². The number of fused-ring (bicyclic) bond motifs is 1. The maximum atomic E-state index is 13.4. The predicted molar refractivity (Wildman–Crippen MR) is 132 cm³/mol. The van der Waals surface area contributed by atoms with E-state index in [9.17, 15) is 4.79 Å². The van der Waals surface area contributed by atoms with Crippen LogP contribution in [-0.2, 0) is 0 Å². The number of hydrogen-bond acceptors (Lipinski definition) is 5. The minimum Gasteiger partial charge on any atom is -0.440 e. The van der Waals surface area contributed by atoms with Crippen molar-refractivity contribution in [2.24, 2.45) is 5.10 Å². The summed E-state index contributed by atoms with van der Waals surface area (Å²) in [5, 5.41) is 5.17. The number of furan rings is 1. The lowest BCUT2D eigenvalue weighted by molar-refractivity contribution is 0.416. The summed E-state index contributed by atoms with van der Waals surface area (Å²) in [6, 6.07) is 9.60. The van der Waals surface area contributed by atoms with E-state index < -0.39 is 0 Å². The van der Waals surface area contributed by atoms with Gasteiger partial charge in [-0.05, 0) is 49.9 Å². The Kier molecular flexibility index (Phi) is 6.44. The predicted octanol–water partition coefficient (Wildman–Crippen LogP) is 6.06. The summed E-state index contributed by atoms with van der Waals surface area (Å²) < 4.78 is 8.42. The summed E-state index contributed by atoms with van der Waals surface area (Å²) in [6.45, 7) is 2.05. The molecule has 1 aromatic carbocycles. The zero-order valence-electron chi connectivity index (χ0n) is 18.3. The van der Waals surface area contributed by atoms with Gasteiger partial charge < -0.3 is 9.32 Å². The first-order valence-corrected chi connectivity index (χ1v) is 12.6. The molecule has 0 amide bonds. The minimum atomic E-state index is -0.132. The second-order valence-corrected chi connectivity index (χ2v) is 9.82. The van der Waals surface area contributed by atoms with E-state index in [1.807, 2.05) is 30.3 Å². The molecule has 1 saturated carbocycles. The highest BCUT2D eigenvalue weighted by Crippen LogP contribution is 2.32. The Labute approximate surface area is 196 Å². The Morgan fingerprint density at radius 2 is 1.75 bits per heavy atom. The van der Waals surface area contributed by atoms with E-state index in [2.05, 4.69) is 25.9 Å². The van der Waals surface area contributed by atoms with E-state index >= 15 is 0 Å². The Morgan fingerprint density at radius 1 is 1.00 bits per heavy atom. The first-order valence-electron chi connectivity index (χ1n) is 11.8. The van der Waals surface area contributed by atoms with Gasteiger partial charge in [-0.2, -0.15) is 9.78 Å². The van der Waals surface area contributed by atoms with E-state index in [-0.39, 0.29) is 11.5 Å². The monoisotopic (exact) mass is 496 g/mol. The number of nitrogens with zero attached hydrogens (tertiary/aromatic N) is 4. The molecule has 5 rings (SSSR count). The second-order valence-electron chi connectivity index (χ2n) is 8.91. The van der Waals surface area contributed by atoms with E-state index in [4.69, 9.17) is 9.40 Å². The maximum absolute atomic E-state index is 13.4. The number of anilines is 1. The molecule has 1 aliphatic carbocycles. The number of halogens is 1. The number of benzene rings is 1. The normalized spacial score (nSPS) is 18.5. The molecule has 0 radical (unpaired) electrons. The summed E-state index contributed by atoms with van der Waals surface area (Å²) in [5.41, 5.74) is 0.596. The van der Waals surface area contributed by atoms with Crippen LogP contribution in [0, 0.1) is 0 Å². The Balaban J connectivity index is 1.50. The van der Waals surface area contributed by atoms with Crippen molar-refractivity contribution in [1.29, 1.82) is 0 Å². The highest BCUT2D eigenvalue weighted by molar-refractivity contribution is 9.10. The lowest BCUT2D eigenvalue weighted by Crippen LogP contribution is -2.25. The SMILES string of the molecule is O=c1c2cc(Br)ccc2nc(C2CCCCC2)n1N=Cc1ccc(N2CCCCCC2)o1. The fourth-order valence-electron chi connectivity index (χ4n) is 4.89. The molecule has 7 heteroatoms. The molecular formula is C25H29BrN4O2. The summed E-state index contributed by atoms with van der Waals surface area (Å²) in [4.78, 5) is 20.6. The lowest BCUT2D eigenvalue weighted by atomic mass is 9.88. The van der Waals surface area contributed by atoms with Crippen molar-refractivity contribution in [2.45, 2.75) is 63.7 Å². The van der Waals surface area contributed by atoms with Gasteiger partial charge in [-0.1, -0.05) is 48.0 Å². The van der Waals surface area contributed by atoms with Gasteiger partial charge in [0.15, 0.2) is 5.88 Å². The Bertz CT molecular complexity index is 1170. The van der Waals surface area contributed by atoms with Gasteiger partial charge in [0.2, 0.25) is 0 Å². The molecule has 2 aliphatic rings. The Hall–Kier alpha value is -2.41. The van der Waals surface area contributed by atoms with Crippen LogP contribution in [-0.4, -0.2) is 29.0 Å². The van der Waals surface area contributed by atoms with Crippen LogP contribution in [0.2, 0.25) is 0 Å². The molecule has 0 spiro atoms. The molecule has 0 bridgehead atoms. The molecule has 32 heavy (non-hydrogen) atoms. The molecule has 2 fully saturated rings. The molecule has 0 atom stereocenters. The Morgan fingerprint density at radius 3 is 2.53 bits per heavy atom. The first kappa shape index (κ1) is 21.4. The highest BCUT2D eigenvalue weighted by Gasteiger charge is 2.22. The molecule has 1 aliphatic heterocycles. The number of rotatable bonds is 4. The summed E-state index contributed by atoms with van der Waals surface area (Å²) in [7, 11) is 0. The smallest absolute Gasteiger partial charge is 0.282 e. The van der Waals surface area contributed by atoms with E-state index in [1.165, 1.54) is 49.6 Å². The molecule has 0 unspecified atom stereocenters. The van der Waals surface area contributed by atoms with Crippen molar-refractivity contribution in [1.82, 2.24) is 9.66 Å². The number of aromatic nitrogens is 2. The van der Waals surface area contributed by atoms with Gasteiger partial charge in [0.25, 0.3) is 5.56 Å². The molecule has 168 valence electrons. The summed E-state index contributed by atoms with van der Waals surface area (Å²) >= 11 is 3.47. The van der Waals surface area contributed by atoms with Crippen LogP contribution >= 0.6 is 15.9 Å². The topological polar surface area (TPSA) is 63.6 Å². The molecular weight excluding hydrogens is 468 g/mol. The van der Waals surface area contributed by atoms with Gasteiger partial charge in [0, 0.05) is 29.5 Å². The van der Waals surface area contributed by atoms with Crippen molar-refractivity contribution < 1.29 is 4.42 Å². The van der Waals surface area contributed by atoms with Gasteiger partial charge >= 0.3 is 0 Å². The van der Waals surface area contributed by atoms with Crippen molar-refractivity contribution in [2.75, 3.05) is 18.0 Å². The quantitative estimate of drug-likeness (QED) is 0.411. The van der Waals surface area contributed by atoms with Crippen molar-refractivity contribution in [3.8, 4) is 0 Å². The van der Waals surface area contributed by atoms with Crippen LogP contribution in [0.15, 0.2) is 49.1 Å². The van der Waals surface area contributed by atoms with Crippen molar-refractivity contribution >= 4 is 38.9 Å². The van der Waals surface area contributed by atoms with Gasteiger partial charge in [-0.3, -0.25) is 4.79 Å². The van der Waals surface area contributed by atoms with Gasteiger partial charge in [0.05, 0.1) is 17.1 Å². The standard InChI is InChI=1S/C25H29BrN4O2/c26-19-10-12-22-21(16-19)25(31)30(24(28-22)18-8-4-3-5-9-18)27-17-20-11-13-23(32-20)29-14-6-1-2-7-15-29/h10-13,16-18H,1-9,14-15H2. The fourth-order valence-corrected chi connectivity index (χ4v) is 5.25. The third-order valence-electron chi connectivity index (χ3n) is 6.63. The lowest BCUT2D eigenvalue weighted by Gasteiger charge is -2.22. The largest absolute Gasteiger partial charge is 0.440 e. The molecule has 2 aromatic heterocycles. The average molecular weight is 497 g/mol. The zero-order valence-corrected chi connectivity index (χ0v) is 19.9. The highest BCUT2D eigenvalue weighted by atomic mass is 79.9. The van der Waals surface area contributed by atoms with E-state index in [0.29, 0.717) is 11.1 Å². The fraction of sp³-hybridized carbons (Fsp3) is 0.480. The molecule has 3 aromatic rings. The number of hydrogen-bond donors (Lipinski definition) is 0. The maximum Gasteiger partial charge on any atom is 0.282 e. The summed E-state index contributed by atoms with van der Waals surface area (Å²) in [6.07, 6.45) is 12.3. The van der Waals surface area contributed by atoms with Crippen LogP contribution in [0.4, 0.5) is 5.88 Å². The molecule has 0 N–H and O–H groups in total. The van der Waals surface area contributed by atoms with E-state index in [0.717, 1.165) is 47.6 Å². The first-order chi connectivity index (χ1) is 15.7. The van der Waals surface area contributed by atoms with Crippen LogP contribution < -0.4 is 10.5 Å². The molecule has 1 saturated heterocycles. The molecule has 6 nitrogen and oxygen atoms in total. The van der Waals surface area contributed by atoms with Crippen LogP contribution in [0.3, 0.4) is 0 Å². The second kappa shape index (κ2) is 9.61. The third-order valence-corrected chi connectivity index (χ3v) is 7.13. The zero-order chi connectivity index (χ0) is 21.9.